The van der Waals surface area contributed by atoms with E-state index < -0.39 is 0 Å². The highest BCUT2D eigenvalue weighted by Gasteiger charge is 2.12. The van der Waals surface area contributed by atoms with Crippen LogP contribution < -0.4 is 5.32 Å². The molecule has 0 saturated carbocycles. The Labute approximate surface area is 102 Å². The average molecular weight is 246 g/mol. The van der Waals surface area contributed by atoms with Crippen LogP contribution >= 0.6 is 22.9 Å². The van der Waals surface area contributed by atoms with E-state index in [-0.39, 0.29) is 0 Å². The van der Waals surface area contributed by atoms with E-state index in [1.165, 1.54) is 17.7 Å². The van der Waals surface area contributed by atoms with E-state index in [2.05, 4.69) is 26.1 Å². The highest BCUT2D eigenvalue weighted by Crippen LogP contribution is 2.20. The maximum Gasteiger partial charge on any atom is 0.0516 e. The first-order valence-corrected chi connectivity index (χ1v) is 6.89. The van der Waals surface area contributed by atoms with Gasteiger partial charge in [-0.25, -0.2) is 0 Å². The molecule has 0 saturated heterocycles. The fraction of sp³-hybridized carbons (Fsp3) is 0.667. The first-order chi connectivity index (χ1) is 7.17. The Hall–Kier alpha value is -0.0500. The Bertz CT molecular complexity index is 281. The molecule has 0 bridgehead atoms. The molecule has 0 aliphatic heterocycles. The summed E-state index contributed by atoms with van der Waals surface area (Å²) in [4.78, 5) is 1.32. The van der Waals surface area contributed by atoms with Gasteiger partial charge in [0.25, 0.3) is 0 Å². The van der Waals surface area contributed by atoms with Gasteiger partial charge in [-0.05, 0) is 18.9 Å². The van der Waals surface area contributed by atoms with E-state index in [0.717, 1.165) is 17.5 Å². The summed E-state index contributed by atoms with van der Waals surface area (Å²) in [7, 11) is 0. The highest BCUT2D eigenvalue weighted by atomic mass is 35.5. The molecular formula is C12H20ClNS. The normalized spacial score (nSPS) is 13.4. The van der Waals surface area contributed by atoms with Crippen LogP contribution in [0.5, 0.6) is 0 Å². The Morgan fingerprint density at radius 1 is 1.40 bits per heavy atom. The summed E-state index contributed by atoms with van der Waals surface area (Å²) in [5.41, 5.74) is 0. The summed E-state index contributed by atoms with van der Waals surface area (Å²) in [6, 6.07) is 2.62. The summed E-state index contributed by atoms with van der Waals surface area (Å²) in [6.45, 7) is 7.73. The molecular weight excluding hydrogens is 226 g/mol. The van der Waals surface area contributed by atoms with Gasteiger partial charge in [-0.1, -0.05) is 38.3 Å². The fourth-order valence-electron chi connectivity index (χ4n) is 1.87. The van der Waals surface area contributed by atoms with Gasteiger partial charge in [0, 0.05) is 22.8 Å². The third-order valence-electron chi connectivity index (χ3n) is 2.98. The van der Waals surface area contributed by atoms with Gasteiger partial charge in [-0.3, -0.25) is 0 Å². The minimum Gasteiger partial charge on any atom is -0.309 e. The number of nitrogens with one attached hydrogen (secondary N) is 1. The lowest BCUT2D eigenvalue weighted by Crippen LogP contribution is -2.32. The van der Waals surface area contributed by atoms with Gasteiger partial charge in [0.2, 0.25) is 0 Å². The molecule has 15 heavy (non-hydrogen) atoms. The largest absolute Gasteiger partial charge is 0.309 e. The number of hydrogen-bond donors (Lipinski definition) is 1. The predicted molar refractivity (Wildman–Crippen MR) is 69.7 cm³/mol. The first-order valence-electron chi connectivity index (χ1n) is 5.63. The number of halogens is 1. The van der Waals surface area contributed by atoms with Crippen LogP contribution in [0.3, 0.4) is 0 Å². The quantitative estimate of drug-likeness (QED) is 0.787. The molecule has 1 atom stereocenters. The summed E-state index contributed by atoms with van der Waals surface area (Å²) in [5, 5.41) is 6.41. The molecule has 1 aromatic rings. The van der Waals surface area contributed by atoms with Crippen molar-refractivity contribution in [2.75, 3.05) is 0 Å². The predicted octanol–water partition coefficient (Wildman–Crippen LogP) is 4.32. The van der Waals surface area contributed by atoms with Gasteiger partial charge in [-0.15, -0.1) is 11.3 Å². The van der Waals surface area contributed by atoms with Crippen molar-refractivity contribution < 1.29 is 0 Å². The van der Waals surface area contributed by atoms with Crippen molar-refractivity contribution in [1.29, 1.82) is 0 Å². The van der Waals surface area contributed by atoms with Crippen molar-refractivity contribution >= 4 is 22.9 Å². The topological polar surface area (TPSA) is 12.0 Å². The number of rotatable bonds is 6. The van der Waals surface area contributed by atoms with Gasteiger partial charge in [-0.2, -0.15) is 0 Å². The smallest absolute Gasteiger partial charge is 0.0516 e. The second kappa shape index (κ2) is 6.51. The minimum atomic E-state index is 0.584. The van der Waals surface area contributed by atoms with Crippen molar-refractivity contribution in [3.8, 4) is 0 Å². The molecule has 0 aliphatic rings. The average Bonchev–Trinajstić information content (AvgIpc) is 2.63. The van der Waals surface area contributed by atoms with E-state index in [1.807, 2.05) is 11.4 Å². The first kappa shape index (κ1) is 13.0. The lowest BCUT2D eigenvalue weighted by atomic mass is 9.95. The van der Waals surface area contributed by atoms with Crippen molar-refractivity contribution in [2.24, 2.45) is 5.92 Å². The molecule has 1 N–H and O–H groups in total. The highest BCUT2D eigenvalue weighted by molar-refractivity contribution is 7.10. The molecule has 0 fully saturated rings. The van der Waals surface area contributed by atoms with Crippen LogP contribution in [0.1, 0.15) is 38.5 Å². The molecule has 0 spiro atoms. The summed E-state index contributed by atoms with van der Waals surface area (Å²) in [6.07, 6.45) is 2.49. The SMILES string of the molecule is CCC(CC)C(C)NCc1cc(Cl)cs1. The van der Waals surface area contributed by atoms with Crippen molar-refractivity contribution in [2.45, 2.75) is 46.2 Å². The third kappa shape index (κ3) is 4.13. The Kier molecular flexibility index (Phi) is 5.65. The molecule has 1 nitrogen and oxygen atoms in total. The van der Waals surface area contributed by atoms with E-state index in [9.17, 15) is 0 Å². The van der Waals surface area contributed by atoms with Crippen molar-refractivity contribution in [3.05, 3.63) is 21.3 Å². The van der Waals surface area contributed by atoms with E-state index >= 15 is 0 Å². The zero-order valence-electron chi connectivity index (χ0n) is 9.72. The van der Waals surface area contributed by atoms with Crippen LogP contribution in [-0.2, 0) is 6.54 Å². The van der Waals surface area contributed by atoms with Gasteiger partial charge in [0.15, 0.2) is 0 Å². The molecule has 1 heterocycles. The van der Waals surface area contributed by atoms with Crippen LogP contribution in [0.25, 0.3) is 0 Å². The molecule has 1 unspecified atom stereocenters. The van der Waals surface area contributed by atoms with E-state index in [1.54, 1.807) is 11.3 Å². The molecule has 1 rings (SSSR count). The van der Waals surface area contributed by atoms with Gasteiger partial charge >= 0.3 is 0 Å². The van der Waals surface area contributed by atoms with Crippen LogP contribution in [0, 0.1) is 5.92 Å². The Morgan fingerprint density at radius 2 is 2.07 bits per heavy atom. The minimum absolute atomic E-state index is 0.584. The van der Waals surface area contributed by atoms with E-state index in [0.29, 0.717) is 6.04 Å². The number of thiophene rings is 1. The van der Waals surface area contributed by atoms with Crippen LogP contribution in [0.15, 0.2) is 11.4 Å². The molecule has 0 amide bonds. The van der Waals surface area contributed by atoms with Crippen LogP contribution in [0.4, 0.5) is 0 Å². The maximum absolute atomic E-state index is 5.88. The molecule has 1 aromatic heterocycles. The molecule has 0 aliphatic carbocycles. The standard InChI is InChI=1S/C12H20ClNS/c1-4-10(5-2)9(3)14-7-12-6-11(13)8-15-12/h6,8-10,14H,4-5,7H2,1-3H3. The molecule has 0 aromatic carbocycles. The summed E-state index contributed by atoms with van der Waals surface area (Å²) >= 11 is 7.60. The second-order valence-corrected chi connectivity index (χ2v) is 5.41. The van der Waals surface area contributed by atoms with Gasteiger partial charge in [0.1, 0.15) is 0 Å². The summed E-state index contributed by atoms with van der Waals surface area (Å²) < 4.78 is 0. The zero-order valence-corrected chi connectivity index (χ0v) is 11.3. The third-order valence-corrected chi connectivity index (χ3v) is 4.26. The zero-order chi connectivity index (χ0) is 11.3. The monoisotopic (exact) mass is 245 g/mol. The summed E-state index contributed by atoms with van der Waals surface area (Å²) in [5.74, 6) is 0.778. The lowest BCUT2D eigenvalue weighted by Gasteiger charge is -2.22. The van der Waals surface area contributed by atoms with Crippen molar-refractivity contribution in [3.63, 3.8) is 0 Å². The van der Waals surface area contributed by atoms with Crippen LogP contribution in [0.2, 0.25) is 5.02 Å². The molecule has 3 heteroatoms. The fourth-order valence-corrected chi connectivity index (χ4v) is 2.89. The number of hydrogen-bond acceptors (Lipinski definition) is 2. The molecule has 86 valence electrons. The van der Waals surface area contributed by atoms with Gasteiger partial charge in [0.05, 0.1) is 5.02 Å². The maximum atomic E-state index is 5.88. The Balaban J connectivity index is 2.36. The van der Waals surface area contributed by atoms with Crippen LogP contribution in [-0.4, -0.2) is 6.04 Å². The van der Waals surface area contributed by atoms with Gasteiger partial charge < -0.3 is 5.32 Å². The second-order valence-electron chi connectivity index (χ2n) is 3.98. The lowest BCUT2D eigenvalue weighted by molar-refractivity contribution is 0.354. The Morgan fingerprint density at radius 3 is 2.53 bits per heavy atom. The molecule has 0 radical (unpaired) electrons. The van der Waals surface area contributed by atoms with Crippen molar-refractivity contribution in [1.82, 2.24) is 5.32 Å². The van der Waals surface area contributed by atoms with E-state index in [4.69, 9.17) is 11.6 Å².